The molecular weight excluding hydrogens is 332 g/mol. The highest BCUT2D eigenvalue weighted by atomic mass is 35.5. The first kappa shape index (κ1) is 16.1. The van der Waals surface area contributed by atoms with Gasteiger partial charge in [0.15, 0.2) is 11.5 Å². The van der Waals surface area contributed by atoms with Crippen molar-refractivity contribution in [1.29, 1.82) is 0 Å². The first-order valence-electron chi connectivity index (χ1n) is 7.15. The number of benzene rings is 2. The van der Waals surface area contributed by atoms with E-state index in [0.29, 0.717) is 33.4 Å². The lowest BCUT2D eigenvalue weighted by molar-refractivity contribution is 0.0952. The Morgan fingerprint density at radius 3 is 2.79 bits per heavy atom. The first-order valence-corrected chi connectivity index (χ1v) is 7.53. The fourth-order valence-corrected chi connectivity index (χ4v) is 2.44. The summed E-state index contributed by atoms with van der Waals surface area (Å²) in [5.41, 5.74) is 4.46. The number of ether oxygens (including phenoxy) is 3. The number of nitrogens with one attached hydrogen (secondary N) is 1. The van der Waals surface area contributed by atoms with Gasteiger partial charge in [0.05, 0.1) is 23.9 Å². The molecule has 24 heavy (non-hydrogen) atoms. The SMILES string of the molecule is COc1cc(C)ccc1C(=O)N/N=C\c1cc2c(cc1Cl)OCO2. The molecule has 6 nitrogen and oxygen atoms in total. The molecule has 0 bridgehead atoms. The van der Waals surface area contributed by atoms with Crippen molar-refractivity contribution in [3.8, 4) is 17.2 Å². The van der Waals surface area contributed by atoms with E-state index in [-0.39, 0.29) is 12.7 Å². The van der Waals surface area contributed by atoms with Gasteiger partial charge in [-0.15, -0.1) is 0 Å². The van der Waals surface area contributed by atoms with Crippen LogP contribution in [0.1, 0.15) is 21.5 Å². The van der Waals surface area contributed by atoms with Gasteiger partial charge in [-0.1, -0.05) is 17.7 Å². The third-order valence-corrected chi connectivity index (χ3v) is 3.79. The van der Waals surface area contributed by atoms with E-state index in [1.165, 1.54) is 13.3 Å². The quantitative estimate of drug-likeness (QED) is 0.682. The number of nitrogens with zero attached hydrogens (tertiary/aromatic N) is 1. The number of aryl methyl sites for hydroxylation is 1. The number of halogens is 1. The number of carbonyl (C=O) groups excluding carboxylic acids is 1. The Bertz CT molecular complexity index is 820. The van der Waals surface area contributed by atoms with Crippen LogP contribution < -0.4 is 19.6 Å². The third kappa shape index (κ3) is 3.28. The van der Waals surface area contributed by atoms with Gasteiger partial charge < -0.3 is 14.2 Å². The highest BCUT2D eigenvalue weighted by Gasteiger charge is 2.16. The Labute approximate surface area is 144 Å². The van der Waals surface area contributed by atoms with Gasteiger partial charge in [-0.25, -0.2) is 5.43 Å². The van der Waals surface area contributed by atoms with Gasteiger partial charge in [0.25, 0.3) is 5.91 Å². The number of hydrogen-bond donors (Lipinski definition) is 1. The van der Waals surface area contributed by atoms with Crippen molar-refractivity contribution < 1.29 is 19.0 Å². The maximum absolute atomic E-state index is 12.2. The zero-order valence-corrected chi connectivity index (χ0v) is 13.9. The summed E-state index contributed by atoms with van der Waals surface area (Å²) in [4.78, 5) is 12.2. The number of amides is 1. The topological polar surface area (TPSA) is 69.2 Å². The zero-order chi connectivity index (χ0) is 17.1. The summed E-state index contributed by atoms with van der Waals surface area (Å²) in [6, 6.07) is 8.65. The summed E-state index contributed by atoms with van der Waals surface area (Å²) in [5.74, 6) is 1.29. The molecule has 2 aromatic carbocycles. The molecule has 0 aromatic heterocycles. The highest BCUT2D eigenvalue weighted by Crippen LogP contribution is 2.36. The summed E-state index contributed by atoms with van der Waals surface area (Å²) >= 11 is 6.15. The van der Waals surface area contributed by atoms with E-state index in [1.807, 2.05) is 13.0 Å². The molecule has 0 saturated carbocycles. The summed E-state index contributed by atoms with van der Waals surface area (Å²) < 4.78 is 15.7. The predicted molar refractivity (Wildman–Crippen MR) is 90.4 cm³/mol. The molecule has 0 spiro atoms. The molecule has 0 fully saturated rings. The summed E-state index contributed by atoms with van der Waals surface area (Å²) in [5, 5.41) is 4.39. The average Bonchev–Trinajstić information content (AvgIpc) is 3.01. The van der Waals surface area contributed by atoms with Gasteiger partial charge in [0, 0.05) is 11.6 Å². The fraction of sp³-hybridized carbons (Fsp3) is 0.176. The molecule has 3 rings (SSSR count). The van der Waals surface area contributed by atoms with Crippen molar-refractivity contribution in [2.75, 3.05) is 13.9 Å². The molecule has 7 heteroatoms. The van der Waals surface area contributed by atoms with Crippen molar-refractivity contribution in [1.82, 2.24) is 5.43 Å². The second-order valence-electron chi connectivity index (χ2n) is 5.13. The van der Waals surface area contributed by atoms with Gasteiger partial charge in [-0.05, 0) is 30.7 Å². The number of carbonyl (C=O) groups is 1. The molecule has 1 aliphatic heterocycles. The molecule has 0 radical (unpaired) electrons. The highest BCUT2D eigenvalue weighted by molar-refractivity contribution is 6.33. The van der Waals surface area contributed by atoms with E-state index < -0.39 is 0 Å². The fourth-order valence-electron chi connectivity index (χ4n) is 2.24. The molecule has 0 atom stereocenters. The second-order valence-corrected chi connectivity index (χ2v) is 5.54. The predicted octanol–water partition coefficient (Wildman–Crippen LogP) is 3.15. The van der Waals surface area contributed by atoms with E-state index in [4.69, 9.17) is 25.8 Å². The molecule has 0 aliphatic carbocycles. The van der Waals surface area contributed by atoms with E-state index in [2.05, 4.69) is 10.5 Å². The largest absolute Gasteiger partial charge is 0.496 e. The van der Waals surface area contributed by atoms with Crippen molar-refractivity contribution in [2.45, 2.75) is 6.92 Å². The Kier molecular flexibility index (Phi) is 4.57. The summed E-state index contributed by atoms with van der Waals surface area (Å²) in [7, 11) is 1.52. The van der Waals surface area contributed by atoms with Crippen LogP contribution in [0.5, 0.6) is 17.2 Å². The maximum Gasteiger partial charge on any atom is 0.275 e. The number of hydrogen-bond acceptors (Lipinski definition) is 5. The normalized spacial score (nSPS) is 12.5. The Hall–Kier alpha value is -2.73. The maximum atomic E-state index is 12.2. The monoisotopic (exact) mass is 346 g/mol. The van der Waals surface area contributed by atoms with Crippen LogP contribution in [-0.4, -0.2) is 26.0 Å². The van der Waals surface area contributed by atoms with Crippen LogP contribution >= 0.6 is 11.6 Å². The van der Waals surface area contributed by atoms with Gasteiger partial charge in [-0.3, -0.25) is 4.79 Å². The molecule has 1 aliphatic rings. The van der Waals surface area contributed by atoms with Crippen molar-refractivity contribution in [2.24, 2.45) is 5.10 Å². The van der Waals surface area contributed by atoms with Gasteiger partial charge >= 0.3 is 0 Å². The zero-order valence-electron chi connectivity index (χ0n) is 13.1. The van der Waals surface area contributed by atoms with Crippen LogP contribution in [0.15, 0.2) is 35.4 Å². The van der Waals surface area contributed by atoms with Crippen LogP contribution in [0.4, 0.5) is 0 Å². The Morgan fingerprint density at radius 2 is 2.04 bits per heavy atom. The molecule has 2 aromatic rings. The van der Waals surface area contributed by atoms with Crippen LogP contribution in [0.2, 0.25) is 5.02 Å². The van der Waals surface area contributed by atoms with Crippen molar-refractivity contribution in [3.63, 3.8) is 0 Å². The molecular formula is C17H15ClN2O4. The molecule has 1 N–H and O–H groups in total. The number of methoxy groups -OCH3 is 1. The summed E-state index contributed by atoms with van der Waals surface area (Å²) in [6.45, 7) is 2.08. The number of fused-ring (bicyclic) bond motifs is 1. The van der Waals surface area contributed by atoms with Crippen molar-refractivity contribution >= 4 is 23.7 Å². The van der Waals surface area contributed by atoms with Gasteiger partial charge in [0.1, 0.15) is 5.75 Å². The van der Waals surface area contributed by atoms with Crippen LogP contribution in [0, 0.1) is 6.92 Å². The minimum atomic E-state index is -0.375. The third-order valence-electron chi connectivity index (χ3n) is 3.46. The molecule has 0 unspecified atom stereocenters. The Balaban J connectivity index is 1.74. The van der Waals surface area contributed by atoms with E-state index in [1.54, 1.807) is 24.3 Å². The average molecular weight is 347 g/mol. The second kappa shape index (κ2) is 6.80. The Morgan fingerprint density at radius 1 is 1.29 bits per heavy atom. The molecule has 124 valence electrons. The lowest BCUT2D eigenvalue weighted by atomic mass is 10.1. The molecule has 1 heterocycles. The smallest absolute Gasteiger partial charge is 0.275 e. The van der Waals surface area contributed by atoms with E-state index >= 15 is 0 Å². The number of hydrazone groups is 1. The number of rotatable bonds is 4. The van der Waals surface area contributed by atoms with Crippen LogP contribution in [0.3, 0.4) is 0 Å². The first-order chi connectivity index (χ1) is 11.6. The summed E-state index contributed by atoms with van der Waals surface area (Å²) in [6.07, 6.45) is 1.45. The lowest BCUT2D eigenvalue weighted by Crippen LogP contribution is -2.18. The van der Waals surface area contributed by atoms with Gasteiger partial charge in [0.2, 0.25) is 6.79 Å². The van der Waals surface area contributed by atoms with Crippen molar-refractivity contribution in [3.05, 3.63) is 52.0 Å². The van der Waals surface area contributed by atoms with E-state index in [0.717, 1.165) is 5.56 Å². The molecule has 1 amide bonds. The standard InChI is InChI=1S/C17H15ClN2O4/c1-10-3-4-12(14(5-10)22-2)17(21)20-19-8-11-6-15-16(7-13(11)18)24-9-23-15/h3-8H,9H2,1-2H3,(H,20,21)/b19-8-. The van der Waals surface area contributed by atoms with E-state index in [9.17, 15) is 4.79 Å². The minimum Gasteiger partial charge on any atom is -0.496 e. The lowest BCUT2D eigenvalue weighted by Gasteiger charge is -2.07. The van der Waals surface area contributed by atoms with Gasteiger partial charge in [-0.2, -0.15) is 5.10 Å². The van der Waals surface area contributed by atoms with Crippen LogP contribution in [-0.2, 0) is 0 Å². The van der Waals surface area contributed by atoms with Crippen LogP contribution in [0.25, 0.3) is 0 Å². The molecule has 0 saturated heterocycles. The minimum absolute atomic E-state index is 0.163.